The van der Waals surface area contributed by atoms with Crippen molar-refractivity contribution in [3.8, 4) is 0 Å². The zero-order valence-corrected chi connectivity index (χ0v) is 15.5. The van der Waals surface area contributed by atoms with Gasteiger partial charge in [-0.15, -0.1) is 0 Å². The fourth-order valence-electron chi connectivity index (χ4n) is 3.50. The first kappa shape index (κ1) is 17.5. The van der Waals surface area contributed by atoms with Gasteiger partial charge in [0.2, 0.25) is 0 Å². The molecule has 1 aliphatic rings. The van der Waals surface area contributed by atoms with Crippen LogP contribution in [0.1, 0.15) is 34.8 Å². The molecule has 3 aromatic heterocycles. The van der Waals surface area contributed by atoms with Crippen molar-refractivity contribution in [3.05, 3.63) is 48.3 Å². The number of piperidine rings is 1. The van der Waals surface area contributed by atoms with Gasteiger partial charge in [0.15, 0.2) is 9.84 Å². The second-order valence-corrected chi connectivity index (χ2v) is 8.57. The molecule has 1 saturated heterocycles. The molecule has 140 valence electrons. The highest BCUT2D eigenvalue weighted by atomic mass is 32.2. The van der Waals surface area contributed by atoms with Crippen LogP contribution in [0.4, 0.5) is 0 Å². The highest BCUT2D eigenvalue weighted by Gasteiger charge is 2.31. The van der Waals surface area contributed by atoms with E-state index in [-0.39, 0.29) is 16.7 Å². The zero-order chi connectivity index (χ0) is 19.0. The number of pyridine rings is 1. The van der Waals surface area contributed by atoms with Gasteiger partial charge in [0.1, 0.15) is 11.2 Å². The Hall–Kier alpha value is -2.88. The molecule has 4 rings (SSSR count). The van der Waals surface area contributed by atoms with Gasteiger partial charge in [-0.2, -0.15) is 14.6 Å². The van der Waals surface area contributed by atoms with Crippen LogP contribution in [-0.2, 0) is 9.84 Å². The third-order valence-corrected chi connectivity index (χ3v) is 5.82. The van der Waals surface area contributed by atoms with Gasteiger partial charge in [-0.05, 0) is 25.0 Å². The number of carbonyl (C=O) groups is 1. The van der Waals surface area contributed by atoms with Gasteiger partial charge in [-0.3, -0.25) is 9.78 Å². The minimum Gasteiger partial charge on any atom is -0.338 e. The maximum Gasteiger partial charge on any atom is 0.255 e. The lowest BCUT2D eigenvalue weighted by Crippen LogP contribution is -2.40. The van der Waals surface area contributed by atoms with Crippen LogP contribution in [0.3, 0.4) is 0 Å². The molecule has 1 fully saturated rings. The summed E-state index contributed by atoms with van der Waals surface area (Å²) in [5.41, 5.74) is 1.05. The maximum absolute atomic E-state index is 12.8. The summed E-state index contributed by atoms with van der Waals surface area (Å²) in [6.45, 7) is 1.01. The summed E-state index contributed by atoms with van der Waals surface area (Å²) in [7, 11) is -3.51. The van der Waals surface area contributed by atoms with Gasteiger partial charge < -0.3 is 4.90 Å². The van der Waals surface area contributed by atoms with E-state index in [1.165, 1.54) is 23.2 Å². The van der Waals surface area contributed by atoms with Crippen LogP contribution in [0.2, 0.25) is 0 Å². The Balaban J connectivity index is 1.73. The van der Waals surface area contributed by atoms with Crippen molar-refractivity contribution in [2.24, 2.45) is 0 Å². The summed E-state index contributed by atoms with van der Waals surface area (Å²) in [6.07, 6.45) is 8.49. The number of rotatable bonds is 3. The largest absolute Gasteiger partial charge is 0.338 e. The Bertz CT molecular complexity index is 1100. The van der Waals surface area contributed by atoms with E-state index in [9.17, 15) is 13.2 Å². The van der Waals surface area contributed by atoms with Crippen molar-refractivity contribution >= 4 is 21.5 Å². The number of hydrogen-bond donors (Lipinski definition) is 0. The minimum atomic E-state index is -3.51. The number of likely N-dealkylation sites (tertiary alicyclic amines) is 1. The SMILES string of the molecule is CS(=O)(=O)c1cnc2ncnn2c1[C@H]1CCCN(C(=O)c2cccnc2)C1. The topological polar surface area (TPSA) is 110 Å². The molecule has 0 aromatic carbocycles. The van der Waals surface area contributed by atoms with Crippen molar-refractivity contribution in [2.45, 2.75) is 23.7 Å². The fourth-order valence-corrected chi connectivity index (χ4v) is 4.37. The van der Waals surface area contributed by atoms with E-state index in [0.29, 0.717) is 30.1 Å². The van der Waals surface area contributed by atoms with E-state index in [2.05, 4.69) is 20.1 Å². The number of hydrogen-bond acceptors (Lipinski definition) is 7. The van der Waals surface area contributed by atoms with E-state index in [4.69, 9.17) is 0 Å². The van der Waals surface area contributed by atoms with E-state index in [1.807, 2.05) is 0 Å². The zero-order valence-electron chi connectivity index (χ0n) is 14.7. The summed E-state index contributed by atoms with van der Waals surface area (Å²) in [5, 5.41) is 4.16. The van der Waals surface area contributed by atoms with Gasteiger partial charge in [0.05, 0.1) is 17.5 Å². The summed E-state index contributed by atoms with van der Waals surface area (Å²) in [6, 6.07) is 3.45. The van der Waals surface area contributed by atoms with Crippen LogP contribution in [-0.4, -0.2) is 63.1 Å². The van der Waals surface area contributed by atoms with Crippen molar-refractivity contribution in [1.29, 1.82) is 0 Å². The summed E-state index contributed by atoms with van der Waals surface area (Å²) < 4.78 is 26.1. The molecule has 27 heavy (non-hydrogen) atoms. The number of carbonyl (C=O) groups excluding carboxylic acids is 1. The first-order valence-electron chi connectivity index (χ1n) is 8.53. The van der Waals surface area contributed by atoms with Crippen LogP contribution in [0.25, 0.3) is 5.78 Å². The first-order chi connectivity index (χ1) is 12.9. The van der Waals surface area contributed by atoms with Gasteiger partial charge >= 0.3 is 0 Å². The lowest BCUT2D eigenvalue weighted by molar-refractivity contribution is 0.0704. The van der Waals surface area contributed by atoms with Crippen LogP contribution in [0.15, 0.2) is 41.9 Å². The average molecular weight is 386 g/mol. The van der Waals surface area contributed by atoms with Gasteiger partial charge in [-0.1, -0.05) is 0 Å². The Morgan fingerprint density at radius 1 is 1.26 bits per heavy atom. The molecule has 4 heterocycles. The molecule has 0 radical (unpaired) electrons. The van der Waals surface area contributed by atoms with Crippen LogP contribution in [0, 0.1) is 0 Å². The molecule has 0 bridgehead atoms. The van der Waals surface area contributed by atoms with Gasteiger partial charge in [0, 0.05) is 37.7 Å². The normalized spacial score (nSPS) is 18.0. The summed E-state index contributed by atoms with van der Waals surface area (Å²) >= 11 is 0. The van der Waals surface area contributed by atoms with Crippen molar-refractivity contribution in [3.63, 3.8) is 0 Å². The van der Waals surface area contributed by atoms with Crippen molar-refractivity contribution < 1.29 is 13.2 Å². The second kappa shape index (κ2) is 6.69. The second-order valence-electron chi connectivity index (χ2n) is 6.58. The monoisotopic (exact) mass is 386 g/mol. The number of aromatic nitrogens is 5. The Labute approximate surface area is 156 Å². The average Bonchev–Trinajstić information content (AvgIpc) is 3.15. The number of sulfone groups is 1. The molecule has 0 N–H and O–H groups in total. The first-order valence-corrected chi connectivity index (χ1v) is 10.4. The smallest absolute Gasteiger partial charge is 0.255 e. The molecular weight excluding hydrogens is 368 g/mol. The predicted octanol–water partition coefficient (Wildman–Crippen LogP) is 0.943. The molecule has 1 aliphatic heterocycles. The third-order valence-electron chi connectivity index (χ3n) is 4.71. The molecule has 0 spiro atoms. The lowest BCUT2D eigenvalue weighted by atomic mass is 9.94. The molecule has 1 amide bonds. The Morgan fingerprint density at radius 3 is 2.85 bits per heavy atom. The van der Waals surface area contributed by atoms with Crippen LogP contribution < -0.4 is 0 Å². The quantitative estimate of drug-likeness (QED) is 0.659. The van der Waals surface area contributed by atoms with E-state index in [1.54, 1.807) is 23.2 Å². The third kappa shape index (κ3) is 3.27. The molecule has 3 aromatic rings. The predicted molar refractivity (Wildman–Crippen MR) is 96.0 cm³/mol. The van der Waals surface area contributed by atoms with Crippen molar-refractivity contribution in [2.75, 3.05) is 19.3 Å². The summed E-state index contributed by atoms with van der Waals surface area (Å²) in [5.74, 6) is 0.0435. The molecule has 1 atom stereocenters. The van der Waals surface area contributed by atoms with Gasteiger partial charge in [-0.25, -0.2) is 13.4 Å². The fraction of sp³-hybridized carbons (Fsp3) is 0.353. The van der Waals surface area contributed by atoms with E-state index >= 15 is 0 Å². The number of fused-ring (bicyclic) bond motifs is 1. The Morgan fingerprint density at radius 2 is 2.11 bits per heavy atom. The van der Waals surface area contributed by atoms with Gasteiger partial charge in [0.25, 0.3) is 11.7 Å². The molecule has 0 saturated carbocycles. The molecular formula is C17H18N6O3S. The summed E-state index contributed by atoms with van der Waals surface area (Å²) in [4.78, 5) is 26.8. The maximum atomic E-state index is 12.8. The van der Waals surface area contributed by atoms with Crippen LogP contribution in [0.5, 0.6) is 0 Å². The number of nitrogens with zero attached hydrogens (tertiary/aromatic N) is 6. The minimum absolute atomic E-state index is 0.113. The standard InChI is InChI=1S/C17H18N6O3S/c1-27(25,26)14-9-19-17-20-11-21-23(17)15(14)13-5-3-7-22(10-13)16(24)12-4-2-6-18-8-12/h2,4,6,8-9,11,13H,3,5,7,10H2,1H3/t13-/m0/s1. The highest BCUT2D eigenvalue weighted by Crippen LogP contribution is 2.31. The molecule has 0 unspecified atom stereocenters. The van der Waals surface area contributed by atoms with E-state index < -0.39 is 9.84 Å². The highest BCUT2D eigenvalue weighted by molar-refractivity contribution is 7.90. The van der Waals surface area contributed by atoms with Crippen LogP contribution >= 0.6 is 0 Å². The van der Waals surface area contributed by atoms with E-state index in [0.717, 1.165) is 19.1 Å². The molecule has 9 nitrogen and oxygen atoms in total. The molecule has 10 heteroatoms. The molecule has 0 aliphatic carbocycles. The van der Waals surface area contributed by atoms with Crippen molar-refractivity contribution in [1.82, 2.24) is 29.5 Å². The Kier molecular flexibility index (Phi) is 4.34. The number of amides is 1. The lowest BCUT2D eigenvalue weighted by Gasteiger charge is -2.33.